The molecule has 32 heavy (non-hydrogen) atoms. The Morgan fingerprint density at radius 3 is 2.44 bits per heavy atom. The van der Waals surface area contributed by atoms with Crippen molar-refractivity contribution < 1.29 is 27.8 Å². The number of carbonyl (C=O) groups excluding carboxylic acids is 1. The fourth-order valence-electron chi connectivity index (χ4n) is 2.90. The highest BCUT2D eigenvalue weighted by molar-refractivity contribution is 5.95. The summed E-state index contributed by atoms with van der Waals surface area (Å²) < 4.78 is 45.7. The number of aliphatic hydroxyl groups is 1. The molecular formula is C22H23F3N4O3. The molecule has 2 heterocycles. The number of halogens is 3. The average Bonchev–Trinajstić information content (AvgIpc) is 3.17. The normalized spacial score (nSPS) is 12.6. The lowest BCUT2D eigenvalue weighted by Gasteiger charge is -2.20. The Morgan fingerprint density at radius 1 is 1.22 bits per heavy atom. The molecule has 7 nitrogen and oxygen atoms in total. The number of aliphatic hydroxyl groups excluding tert-OH is 1. The predicted octanol–water partition coefficient (Wildman–Crippen LogP) is 4.04. The van der Waals surface area contributed by atoms with Gasteiger partial charge in [-0.2, -0.15) is 18.3 Å². The Balaban J connectivity index is 1.93. The Hall–Kier alpha value is -3.40. The fraction of sp³-hybridized carbons (Fsp3) is 0.318. The van der Waals surface area contributed by atoms with Crippen molar-refractivity contribution in [3.8, 4) is 22.9 Å². The topological polar surface area (TPSA) is 89.3 Å². The quantitative estimate of drug-likeness (QED) is 0.570. The summed E-state index contributed by atoms with van der Waals surface area (Å²) in [6, 6.07) is 7.03. The van der Waals surface area contributed by atoms with E-state index in [9.17, 15) is 23.1 Å². The van der Waals surface area contributed by atoms with Crippen LogP contribution in [0.1, 0.15) is 29.8 Å². The second kappa shape index (κ2) is 9.39. The molecule has 10 heteroatoms. The van der Waals surface area contributed by atoms with Gasteiger partial charge >= 0.3 is 6.18 Å². The maximum atomic E-state index is 12.8. The molecule has 0 bridgehead atoms. The van der Waals surface area contributed by atoms with Crippen molar-refractivity contribution >= 4 is 5.91 Å². The summed E-state index contributed by atoms with van der Waals surface area (Å²) in [4.78, 5) is 16.9. The van der Waals surface area contributed by atoms with Crippen LogP contribution in [0.25, 0.3) is 11.3 Å². The van der Waals surface area contributed by atoms with Crippen LogP contribution in [0.5, 0.6) is 11.6 Å². The number of aryl methyl sites for hydroxylation is 1. The largest absolute Gasteiger partial charge is 0.438 e. The first-order chi connectivity index (χ1) is 15.1. The molecule has 1 atom stereocenters. The van der Waals surface area contributed by atoms with Crippen molar-refractivity contribution in [3.05, 3.63) is 59.9 Å². The van der Waals surface area contributed by atoms with Gasteiger partial charge in [0.2, 0.25) is 5.88 Å². The van der Waals surface area contributed by atoms with Gasteiger partial charge in [-0.15, -0.1) is 0 Å². The van der Waals surface area contributed by atoms with E-state index in [2.05, 4.69) is 15.4 Å². The second-order valence-corrected chi connectivity index (χ2v) is 7.58. The molecule has 0 radical (unpaired) electrons. The number of amides is 1. The molecule has 2 aromatic heterocycles. The third-order valence-electron chi connectivity index (χ3n) is 4.82. The van der Waals surface area contributed by atoms with Crippen LogP contribution in [-0.2, 0) is 13.2 Å². The van der Waals surface area contributed by atoms with Gasteiger partial charge < -0.3 is 15.2 Å². The summed E-state index contributed by atoms with van der Waals surface area (Å²) in [5.74, 6) is -0.166. The predicted molar refractivity (Wildman–Crippen MR) is 111 cm³/mol. The maximum absolute atomic E-state index is 12.8. The minimum Gasteiger partial charge on any atom is -0.438 e. The van der Waals surface area contributed by atoms with E-state index in [1.807, 2.05) is 13.8 Å². The van der Waals surface area contributed by atoms with Crippen molar-refractivity contribution in [3.63, 3.8) is 0 Å². The third-order valence-corrected chi connectivity index (χ3v) is 4.82. The number of nitrogens with zero attached hydrogens (tertiary/aromatic N) is 3. The van der Waals surface area contributed by atoms with Gasteiger partial charge in [-0.25, -0.2) is 4.98 Å². The summed E-state index contributed by atoms with van der Waals surface area (Å²) in [5.41, 5.74) is 0.297. The molecule has 3 rings (SSSR count). The minimum atomic E-state index is -4.45. The van der Waals surface area contributed by atoms with Crippen LogP contribution >= 0.6 is 0 Å². The number of hydrogen-bond donors (Lipinski definition) is 2. The monoisotopic (exact) mass is 448 g/mol. The lowest BCUT2D eigenvalue weighted by Crippen LogP contribution is -2.41. The summed E-state index contributed by atoms with van der Waals surface area (Å²) in [7, 11) is 1.72. The van der Waals surface area contributed by atoms with Crippen molar-refractivity contribution in [1.29, 1.82) is 0 Å². The first-order valence-corrected chi connectivity index (χ1v) is 9.85. The van der Waals surface area contributed by atoms with Gasteiger partial charge in [0.05, 0.1) is 35.0 Å². The standard InChI is InChI=1S/C22H23F3N4O3/c1-13(2)19(12-30)27-20(31)14-10-17(18-8-9-29(3)28-18)21(26-11-14)32-16-6-4-15(5-7-16)22(23,24)25/h4-11,13,19,30H,12H2,1-3H3,(H,27,31)/t19-/m1/s1. The molecule has 0 saturated heterocycles. The number of nitrogens with one attached hydrogen (secondary N) is 1. The molecule has 1 amide bonds. The molecule has 2 N–H and O–H groups in total. The van der Waals surface area contributed by atoms with E-state index < -0.39 is 23.7 Å². The van der Waals surface area contributed by atoms with E-state index in [-0.39, 0.29) is 29.7 Å². The lowest BCUT2D eigenvalue weighted by molar-refractivity contribution is -0.137. The molecule has 0 unspecified atom stereocenters. The zero-order valence-corrected chi connectivity index (χ0v) is 17.7. The lowest BCUT2D eigenvalue weighted by atomic mass is 10.0. The maximum Gasteiger partial charge on any atom is 0.416 e. The van der Waals surface area contributed by atoms with E-state index in [1.165, 1.54) is 18.3 Å². The third kappa shape index (κ3) is 5.44. The van der Waals surface area contributed by atoms with E-state index in [0.29, 0.717) is 11.3 Å². The van der Waals surface area contributed by atoms with Gasteiger partial charge in [0, 0.05) is 19.4 Å². The molecule has 0 spiro atoms. The Labute approximate surface area is 182 Å². The highest BCUT2D eigenvalue weighted by atomic mass is 19.4. The second-order valence-electron chi connectivity index (χ2n) is 7.58. The number of pyridine rings is 1. The molecule has 1 aromatic carbocycles. The van der Waals surface area contributed by atoms with Gasteiger partial charge in [-0.05, 0) is 42.3 Å². The SMILES string of the molecule is CC(C)[C@@H](CO)NC(=O)c1cnc(Oc2ccc(C(F)(F)F)cc2)c(-c2ccn(C)n2)c1. The number of benzene rings is 1. The van der Waals surface area contributed by atoms with Crippen molar-refractivity contribution in [1.82, 2.24) is 20.1 Å². The molecular weight excluding hydrogens is 425 g/mol. The first kappa shape index (κ1) is 23.3. The molecule has 0 aliphatic carbocycles. The van der Waals surface area contributed by atoms with E-state index in [0.717, 1.165) is 12.1 Å². The number of alkyl halides is 3. The summed E-state index contributed by atoms with van der Waals surface area (Å²) in [5, 5.41) is 16.5. The smallest absolute Gasteiger partial charge is 0.416 e. The number of rotatable bonds is 7. The minimum absolute atomic E-state index is 0.0226. The number of hydrogen-bond acceptors (Lipinski definition) is 5. The molecule has 3 aromatic rings. The zero-order chi connectivity index (χ0) is 23.5. The highest BCUT2D eigenvalue weighted by Crippen LogP contribution is 2.34. The van der Waals surface area contributed by atoms with E-state index in [1.54, 1.807) is 30.1 Å². The molecule has 0 aliphatic heterocycles. The van der Waals surface area contributed by atoms with Crippen molar-refractivity contribution in [2.75, 3.05) is 6.61 Å². The van der Waals surface area contributed by atoms with Crippen LogP contribution in [0, 0.1) is 5.92 Å². The van der Waals surface area contributed by atoms with Crippen LogP contribution in [0.4, 0.5) is 13.2 Å². The van der Waals surface area contributed by atoms with Crippen LogP contribution < -0.4 is 10.1 Å². The average molecular weight is 448 g/mol. The Kier molecular flexibility index (Phi) is 6.83. The van der Waals surface area contributed by atoms with Gasteiger partial charge in [0.15, 0.2) is 0 Å². The van der Waals surface area contributed by atoms with Gasteiger partial charge in [0.1, 0.15) is 5.75 Å². The van der Waals surface area contributed by atoms with Crippen LogP contribution in [0.15, 0.2) is 48.8 Å². The first-order valence-electron chi connectivity index (χ1n) is 9.85. The molecule has 0 fully saturated rings. The van der Waals surface area contributed by atoms with Crippen LogP contribution in [-0.4, -0.2) is 38.4 Å². The van der Waals surface area contributed by atoms with Crippen LogP contribution in [0.3, 0.4) is 0 Å². The van der Waals surface area contributed by atoms with Crippen LogP contribution in [0.2, 0.25) is 0 Å². The number of carbonyl (C=O) groups is 1. The summed E-state index contributed by atoms with van der Waals surface area (Å²) >= 11 is 0. The van der Waals surface area contributed by atoms with Gasteiger partial charge in [0.25, 0.3) is 5.91 Å². The summed E-state index contributed by atoms with van der Waals surface area (Å²) in [6.45, 7) is 3.54. The van der Waals surface area contributed by atoms with Crippen molar-refractivity contribution in [2.45, 2.75) is 26.1 Å². The van der Waals surface area contributed by atoms with E-state index >= 15 is 0 Å². The molecule has 0 saturated carbocycles. The van der Waals surface area contributed by atoms with Gasteiger partial charge in [-0.3, -0.25) is 9.48 Å². The van der Waals surface area contributed by atoms with Crippen molar-refractivity contribution in [2.24, 2.45) is 13.0 Å². The molecule has 170 valence electrons. The fourth-order valence-corrected chi connectivity index (χ4v) is 2.90. The number of ether oxygens (including phenoxy) is 1. The summed E-state index contributed by atoms with van der Waals surface area (Å²) in [6.07, 6.45) is -1.45. The number of aromatic nitrogens is 3. The van der Waals surface area contributed by atoms with E-state index in [4.69, 9.17) is 4.74 Å². The Morgan fingerprint density at radius 2 is 1.91 bits per heavy atom. The van der Waals surface area contributed by atoms with Gasteiger partial charge in [-0.1, -0.05) is 13.8 Å². The Bertz CT molecular complexity index is 1080. The highest BCUT2D eigenvalue weighted by Gasteiger charge is 2.30. The molecule has 0 aliphatic rings. The zero-order valence-electron chi connectivity index (χ0n) is 17.7.